The number of hydrogen-bond donors (Lipinski definition) is 0. The molecule has 0 amide bonds. The molecule has 0 aliphatic carbocycles. The lowest BCUT2D eigenvalue weighted by molar-refractivity contribution is -0.162. The van der Waals surface area contributed by atoms with Crippen LogP contribution in [0, 0.1) is 0 Å². The first-order valence-electron chi connectivity index (χ1n) is 12.0. The second kappa shape index (κ2) is 23.4. The molecule has 0 aromatic heterocycles. The molecule has 1 rings (SSSR count). The highest BCUT2D eigenvalue weighted by molar-refractivity contribution is 4.84. The minimum Gasteiger partial charge on any atom is -0.353 e. The number of ether oxygens (including phenoxy) is 2. The fourth-order valence-electron chi connectivity index (χ4n) is 3.11. The van der Waals surface area contributed by atoms with Crippen LogP contribution in [-0.4, -0.2) is 19.5 Å². The molecule has 1 fully saturated rings. The molecule has 2 heteroatoms. The van der Waals surface area contributed by atoms with Gasteiger partial charge in [0.2, 0.25) is 0 Å². The quantitative estimate of drug-likeness (QED) is 0.198. The molecule has 0 aromatic carbocycles. The molecule has 1 aliphatic heterocycles. The Hall–Kier alpha value is -0.600. The van der Waals surface area contributed by atoms with Gasteiger partial charge in [-0.15, -0.1) is 0 Å². The van der Waals surface area contributed by atoms with Gasteiger partial charge in [-0.25, -0.2) is 0 Å². The van der Waals surface area contributed by atoms with Gasteiger partial charge >= 0.3 is 0 Å². The summed E-state index contributed by atoms with van der Waals surface area (Å²) in [5, 5.41) is 0. The molecule has 1 atom stereocenters. The van der Waals surface area contributed by atoms with Crippen LogP contribution in [0.25, 0.3) is 0 Å². The van der Waals surface area contributed by atoms with E-state index >= 15 is 0 Å². The average molecular weight is 381 g/mol. The molecule has 0 N–H and O–H groups in total. The summed E-state index contributed by atoms with van der Waals surface area (Å²) >= 11 is 0. The van der Waals surface area contributed by atoms with Crippen molar-refractivity contribution in [3.63, 3.8) is 0 Å². The van der Waals surface area contributed by atoms with Gasteiger partial charge in [0.1, 0.15) is 0 Å². The highest BCUT2D eigenvalue weighted by Gasteiger charge is 2.12. The van der Waals surface area contributed by atoms with Crippen molar-refractivity contribution in [2.24, 2.45) is 0 Å². The van der Waals surface area contributed by atoms with Gasteiger partial charge in [-0.05, 0) is 77.0 Å². The van der Waals surface area contributed by atoms with Gasteiger partial charge in [-0.1, -0.05) is 64.3 Å². The zero-order valence-electron chi connectivity index (χ0n) is 18.7. The number of hydrogen-bond acceptors (Lipinski definition) is 2. The standard InChI is InChI=1S/C23H42O2.C2H6/c1-2-3-4-5-6-7-8-9-10-11-12-13-14-15-16-18-21-24-23-20-17-19-22-25-23;1-2/h6-7,12-13,23H,2-5,8-11,14-22H2,1H3;1-2H3/b7-6-,13-12-;. The topological polar surface area (TPSA) is 18.5 Å². The van der Waals surface area contributed by atoms with Crippen molar-refractivity contribution < 1.29 is 9.47 Å². The number of rotatable bonds is 16. The molecule has 1 unspecified atom stereocenters. The normalized spacial score (nSPS) is 17.4. The molecule has 0 saturated carbocycles. The predicted molar refractivity (Wildman–Crippen MR) is 120 cm³/mol. The molecule has 1 heterocycles. The van der Waals surface area contributed by atoms with Gasteiger partial charge in [-0.2, -0.15) is 0 Å². The maximum Gasteiger partial charge on any atom is 0.157 e. The van der Waals surface area contributed by atoms with Gasteiger partial charge in [0.15, 0.2) is 6.29 Å². The molecule has 0 spiro atoms. The second-order valence-corrected chi connectivity index (χ2v) is 7.24. The number of allylic oxidation sites excluding steroid dienone is 4. The smallest absolute Gasteiger partial charge is 0.157 e. The highest BCUT2D eigenvalue weighted by atomic mass is 16.7. The molecule has 27 heavy (non-hydrogen) atoms. The number of unbranched alkanes of at least 4 members (excludes halogenated alkanes) is 9. The Bertz CT molecular complexity index is 316. The van der Waals surface area contributed by atoms with Crippen LogP contribution in [0.5, 0.6) is 0 Å². The summed E-state index contributed by atoms with van der Waals surface area (Å²) in [6, 6.07) is 0. The second-order valence-electron chi connectivity index (χ2n) is 7.24. The zero-order valence-corrected chi connectivity index (χ0v) is 18.7. The molecule has 0 aromatic rings. The van der Waals surface area contributed by atoms with E-state index in [-0.39, 0.29) is 6.29 Å². The summed E-state index contributed by atoms with van der Waals surface area (Å²) in [5.74, 6) is 0. The van der Waals surface area contributed by atoms with Gasteiger partial charge in [0.25, 0.3) is 0 Å². The van der Waals surface area contributed by atoms with Crippen molar-refractivity contribution >= 4 is 0 Å². The van der Waals surface area contributed by atoms with E-state index in [1.165, 1.54) is 83.5 Å². The Morgan fingerprint density at radius 2 is 1.30 bits per heavy atom. The molecule has 160 valence electrons. The van der Waals surface area contributed by atoms with Crippen LogP contribution in [0.2, 0.25) is 0 Å². The minimum atomic E-state index is 0.0832. The summed E-state index contributed by atoms with van der Waals surface area (Å²) < 4.78 is 11.3. The molecule has 1 aliphatic rings. The van der Waals surface area contributed by atoms with Crippen molar-refractivity contribution in [3.05, 3.63) is 24.3 Å². The Morgan fingerprint density at radius 3 is 1.81 bits per heavy atom. The monoisotopic (exact) mass is 380 g/mol. The lowest BCUT2D eigenvalue weighted by Gasteiger charge is -2.22. The Balaban J connectivity index is 0.00000326. The van der Waals surface area contributed by atoms with E-state index in [4.69, 9.17) is 9.47 Å². The van der Waals surface area contributed by atoms with Crippen LogP contribution in [0.4, 0.5) is 0 Å². The summed E-state index contributed by atoms with van der Waals surface area (Å²) in [4.78, 5) is 0. The lowest BCUT2D eigenvalue weighted by atomic mass is 10.1. The fraction of sp³-hybridized carbons (Fsp3) is 0.840. The molecular weight excluding hydrogens is 332 g/mol. The van der Waals surface area contributed by atoms with E-state index < -0.39 is 0 Å². The first-order valence-corrected chi connectivity index (χ1v) is 12.0. The van der Waals surface area contributed by atoms with Crippen LogP contribution in [-0.2, 0) is 9.47 Å². The van der Waals surface area contributed by atoms with Crippen LogP contribution in [0.3, 0.4) is 0 Å². The third kappa shape index (κ3) is 20.0. The first kappa shape index (κ1) is 26.4. The summed E-state index contributed by atoms with van der Waals surface area (Å²) in [6.45, 7) is 8.00. The van der Waals surface area contributed by atoms with Gasteiger partial charge in [-0.3, -0.25) is 0 Å². The van der Waals surface area contributed by atoms with Crippen LogP contribution in [0.1, 0.15) is 117 Å². The molecule has 0 bridgehead atoms. The lowest BCUT2D eigenvalue weighted by Crippen LogP contribution is -2.22. The summed E-state index contributed by atoms with van der Waals surface area (Å²) in [6.07, 6.45) is 28.5. The van der Waals surface area contributed by atoms with Crippen LogP contribution < -0.4 is 0 Å². The van der Waals surface area contributed by atoms with E-state index in [1.807, 2.05) is 13.8 Å². The Kier molecular flexibility index (Phi) is 22.9. The van der Waals surface area contributed by atoms with E-state index in [1.54, 1.807) is 0 Å². The van der Waals surface area contributed by atoms with Crippen LogP contribution >= 0.6 is 0 Å². The van der Waals surface area contributed by atoms with Gasteiger partial charge in [0, 0.05) is 13.2 Å². The van der Waals surface area contributed by atoms with Crippen molar-refractivity contribution in [1.29, 1.82) is 0 Å². The van der Waals surface area contributed by atoms with E-state index in [0.29, 0.717) is 0 Å². The molecule has 0 radical (unpaired) electrons. The maximum absolute atomic E-state index is 5.76. The van der Waals surface area contributed by atoms with Crippen molar-refractivity contribution in [2.45, 2.75) is 123 Å². The minimum absolute atomic E-state index is 0.0832. The molecule has 2 nitrogen and oxygen atoms in total. The van der Waals surface area contributed by atoms with E-state index in [2.05, 4.69) is 31.2 Å². The summed E-state index contributed by atoms with van der Waals surface area (Å²) in [5.41, 5.74) is 0. The fourth-order valence-corrected chi connectivity index (χ4v) is 3.11. The van der Waals surface area contributed by atoms with Crippen LogP contribution in [0.15, 0.2) is 24.3 Å². The van der Waals surface area contributed by atoms with E-state index in [9.17, 15) is 0 Å². The highest BCUT2D eigenvalue weighted by Crippen LogP contribution is 2.14. The maximum atomic E-state index is 5.76. The van der Waals surface area contributed by atoms with Gasteiger partial charge in [0.05, 0.1) is 0 Å². The van der Waals surface area contributed by atoms with E-state index in [0.717, 1.165) is 26.1 Å². The third-order valence-corrected chi connectivity index (χ3v) is 4.76. The molecular formula is C25H48O2. The largest absolute Gasteiger partial charge is 0.353 e. The average Bonchev–Trinajstić information content (AvgIpc) is 2.72. The first-order chi connectivity index (χ1) is 13.4. The third-order valence-electron chi connectivity index (χ3n) is 4.76. The summed E-state index contributed by atoms with van der Waals surface area (Å²) in [7, 11) is 0. The SMILES string of the molecule is CC.CCCCC/C=C\CCCC/C=C\CCCCCOC1CCCCO1. The van der Waals surface area contributed by atoms with Crippen molar-refractivity contribution in [1.82, 2.24) is 0 Å². The Labute approximate surface area is 170 Å². The predicted octanol–water partition coefficient (Wildman–Crippen LogP) is 8.37. The molecule has 1 saturated heterocycles. The Morgan fingerprint density at radius 1 is 0.741 bits per heavy atom. The van der Waals surface area contributed by atoms with Crippen molar-refractivity contribution in [2.75, 3.05) is 13.2 Å². The van der Waals surface area contributed by atoms with Gasteiger partial charge < -0.3 is 9.47 Å². The van der Waals surface area contributed by atoms with Crippen molar-refractivity contribution in [3.8, 4) is 0 Å². The zero-order chi connectivity index (χ0) is 19.8.